The summed E-state index contributed by atoms with van der Waals surface area (Å²) in [5, 5.41) is 10.8. The minimum Gasteiger partial charge on any atom is -0.481 e. The summed E-state index contributed by atoms with van der Waals surface area (Å²) < 4.78 is 0. The Hall–Kier alpha value is -1.66. The van der Waals surface area contributed by atoms with Crippen molar-refractivity contribution in [3.05, 3.63) is 63.1 Å². The predicted molar refractivity (Wildman–Crippen MR) is 118 cm³/mol. The first-order valence-corrected chi connectivity index (χ1v) is 10.9. The molecular weight excluding hydrogens is 453 g/mol. The minimum atomic E-state index is -0.854. The molecule has 1 amide bonds. The lowest BCUT2D eigenvalue weighted by molar-refractivity contribution is -0.144. The molecule has 2 aromatic carbocycles. The third-order valence-corrected chi connectivity index (χ3v) is 6.81. The lowest BCUT2D eigenvalue weighted by atomic mass is 9.98. The molecule has 3 rings (SSSR count). The number of carbonyl (C=O) groups is 2. The van der Waals surface area contributed by atoms with Gasteiger partial charge < -0.3 is 10.0 Å². The van der Waals surface area contributed by atoms with Crippen molar-refractivity contribution in [2.75, 3.05) is 13.1 Å². The Kier molecular flexibility index (Phi) is 7.52. The van der Waals surface area contributed by atoms with Crippen molar-refractivity contribution in [1.82, 2.24) is 4.90 Å². The summed E-state index contributed by atoms with van der Waals surface area (Å²) >= 11 is 20.0. The number of carboxylic acids is 1. The fourth-order valence-electron chi connectivity index (χ4n) is 3.03. The molecule has 1 fully saturated rings. The van der Waals surface area contributed by atoms with E-state index in [4.69, 9.17) is 39.9 Å². The van der Waals surface area contributed by atoms with Crippen LogP contribution in [0.4, 0.5) is 0 Å². The van der Waals surface area contributed by atoms with Crippen LogP contribution in [0, 0.1) is 5.92 Å². The van der Waals surface area contributed by atoms with E-state index in [1.807, 2.05) is 18.2 Å². The molecule has 0 spiro atoms. The number of likely N-dealkylation sites (tertiary alicyclic amines) is 1. The second-order valence-corrected chi connectivity index (χ2v) is 9.00. The van der Waals surface area contributed by atoms with Crippen molar-refractivity contribution in [3.63, 3.8) is 0 Å². The SMILES string of the molecule is O=C(O)C1CCCN(C(=O)/C=C/c2ccc(Sc3ccc(Cl)cc3Cl)c(Cl)c2)C1. The minimum absolute atomic E-state index is 0.196. The number of hydrogen-bond acceptors (Lipinski definition) is 3. The molecule has 1 atom stereocenters. The molecule has 152 valence electrons. The van der Waals surface area contributed by atoms with Gasteiger partial charge in [0.15, 0.2) is 0 Å². The monoisotopic (exact) mass is 469 g/mol. The smallest absolute Gasteiger partial charge is 0.308 e. The molecule has 0 bridgehead atoms. The highest BCUT2D eigenvalue weighted by molar-refractivity contribution is 7.99. The summed E-state index contributed by atoms with van der Waals surface area (Å²) in [7, 11) is 0. The summed E-state index contributed by atoms with van der Waals surface area (Å²) in [4.78, 5) is 26.8. The van der Waals surface area contributed by atoms with Gasteiger partial charge in [0.1, 0.15) is 0 Å². The van der Waals surface area contributed by atoms with Crippen molar-refractivity contribution >= 4 is 64.5 Å². The van der Waals surface area contributed by atoms with Crippen molar-refractivity contribution in [2.45, 2.75) is 22.6 Å². The second-order valence-electron chi connectivity index (χ2n) is 6.66. The third-order valence-electron chi connectivity index (χ3n) is 4.57. The first kappa shape index (κ1) is 22.0. The molecule has 2 aromatic rings. The van der Waals surface area contributed by atoms with Gasteiger partial charge in [-0.2, -0.15) is 0 Å². The zero-order chi connectivity index (χ0) is 21.0. The highest BCUT2D eigenvalue weighted by Gasteiger charge is 2.27. The zero-order valence-electron chi connectivity index (χ0n) is 15.3. The Bertz CT molecular complexity index is 964. The highest BCUT2D eigenvalue weighted by atomic mass is 35.5. The van der Waals surface area contributed by atoms with Gasteiger partial charge in [0.25, 0.3) is 0 Å². The molecule has 0 radical (unpaired) electrons. The quantitative estimate of drug-likeness (QED) is 0.534. The number of rotatable bonds is 5. The Labute approximate surface area is 188 Å². The number of carbonyl (C=O) groups excluding carboxylic acids is 1. The Morgan fingerprint density at radius 3 is 2.41 bits per heavy atom. The highest BCUT2D eigenvalue weighted by Crippen LogP contribution is 2.38. The molecule has 1 heterocycles. The van der Waals surface area contributed by atoms with E-state index >= 15 is 0 Å². The van der Waals surface area contributed by atoms with Crippen LogP contribution in [0.15, 0.2) is 52.3 Å². The number of hydrogen-bond donors (Lipinski definition) is 1. The third kappa shape index (κ3) is 5.92. The van der Waals surface area contributed by atoms with Gasteiger partial charge in [0, 0.05) is 34.0 Å². The Morgan fingerprint density at radius 1 is 1.07 bits per heavy atom. The molecule has 0 aliphatic carbocycles. The summed E-state index contributed by atoms with van der Waals surface area (Å²) in [5.74, 6) is -1.54. The van der Waals surface area contributed by atoms with Crippen LogP contribution >= 0.6 is 46.6 Å². The fraction of sp³-hybridized carbons (Fsp3) is 0.238. The van der Waals surface area contributed by atoms with Crippen molar-refractivity contribution in [3.8, 4) is 0 Å². The lowest BCUT2D eigenvalue weighted by Gasteiger charge is -2.29. The van der Waals surface area contributed by atoms with Crippen LogP contribution < -0.4 is 0 Å². The Morgan fingerprint density at radius 2 is 1.76 bits per heavy atom. The van der Waals surface area contributed by atoms with Gasteiger partial charge in [0.05, 0.1) is 16.0 Å². The molecule has 8 heteroatoms. The number of carboxylic acid groups (broad SMARTS) is 1. The van der Waals surface area contributed by atoms with E-state index in [1.165, 1.54) is 17.8 Å². The van der Waals surface area contributed by atoms with E-state index in [0.717, 1.165) is 15.4 Å². The standard InChI is InChI=1S/C21H18Cl3NO3S/c22-15-5-7-19(17(24)11-15)29-18-6-3-13(10-16(18)23)4-8-20(26)25-9-1-2-14(12-25)21(27)28/h3-8,10-11,14H,1-2,9,12H2,(H,27,28)/b8-4+. The summed E-state index contributed by atoms with van der Waals surface area (Å²) in [6.45, 7) is 0.821. The van der Waals surface area contributed by atoms with E-state index < -0.39 is 11.9 Å². The topological polar surface area (TPSA) is 57.6 Å². The molecule has 4 nitrogen and oxygen atoms in total. The molecule has 1 aliphatic heterocycles. The molecule has 1 saturated heterocycles. The molecule has 1 N–H and O–H groups in total. The Balaban J connectivity index is 1.66. The number of halogens is 3. The average molecular weight is 471 g/mol. The van der Waals surface area contributed by atoms with Crippen LogP contribution in [0.3, 0.4) is 0 Å². The average Bonchev–Trinajstić information content (AvgIpc) is 2.69. The molecule has 1 aliphatic rings. The molecular formula is C21H18Cl3NO3S. The summed E-state index contributed by atoms with van der Waals surface area (Å²) in [5.41, 5.74) is 0.779. The van der Waals surface area contributed by atoms with Crippen LogP contribution in [-0.2, 0) is 9.59 Å². The normalized spacial score (nSPS) is 16.9. The first-order valence-electron chi connectivity index (χ1n) is 8.96. The predicted octanol–water partition coefficient (Wildman–Crippen LogP) is 6.13. The number of piperidine rings is 1. The number of benzene rings is 2. The molecule has 0 saturated carbocycles. The van der Waals surface area contributed by atoms with Crippen molar-refractivity contribution in [1.29, 1.82) is 0 Å². The first-order chi connectivity index (χ1) is 13.8. The number of amides is 1. The van der Waals surface area contributed by atoms with Crippen molar-refractivity contribution < 1.29 is 14.7 Å². The summed E-state index contributed by atoms with van der Waals surface area (Å²) in [6, 6.07) is 10.8. The zero-order valence-corrected chi connectivity index (χ0v) is 18.4. The van der Waals surface area contributed by atoms with Crippen LogP contribution in [0.1, 0.15) is 18.4 Å². The van der Waals surface area contributed by atoms with Crippen molar-refractivity contribution in [2.24, 2.45) is 5.92 Å². The van der Waals surface area contributed by atoms with Gasteiger partial charge in [-0.1, -0.05) is 52.6 Å². The van der Waals surface area contributed by atoms with Gasteiger partial charge in [-0.15, -0.1) is 0 Å². The van der Waals surface area contributed by atoms with Gasteiger partial charge in [-0.3, -0.25) is 9.59 Å². The van der Waals surface area contributed by atoms with Gasteiger partial charge in [-0.25, -0.2) is 0 Å². The van der Waals surface area contributed by atoms with Crippen LogP contribution in [0.5, 0.6) is 0 Å². The van der Waals surface area contributed by atoms with E-state index in [9.17, 15) is 9.59 Å². The molecule has 29 heavy (non-hydrogen) atoms. The van der Waals surface area contributed by atoms with E-state index in [-0.39, 0.29) is 12.5 Å². The van der Waals surface area contributed by atoms with Gasteiger partial charge in [-0.05, 0) is 54.8 Å². The summed E-state index contributed by atoms with van der Waals surface area (Å²) in [6.07, 6.45) is 4.44. The van der Waals surface area contributed by atoms with Crippen LogP contribution in [0.2, 0.25) is 15.1 Å². The second kappa shape index (κ2) is 9.90. The fourth-order valence-corrected chi connectivity index (χ4v) is 4.68. The largest absolute Gasteiger partial charge is 0.481 e. The molecule has 1 unspecified atom stereocenters. The van der Waals surface area contributed by atoms with Crippen LogP contribution in [-0.4, -0.2) is 35.0 Å². The maximum absolute atomic E-state index is 12.4. The van der Waals surface area contributed by atoms with E-state index in [0.29, 0.717) is 34.5 Å². The number of nitrogens with zero attached hydrogens (tertiary/aromatic N) is 1. The maximum Gasteiger partial charge on any atom is 0.308 e. The number of aliphatic carboxylic acids is 1. The van der Waals surface area contributed by atoms with E-state index in [2.05, 4.69) is 0 Å². The molecule has 0 aromatic heterocycles. The van der Waals surface area contributed by atoms with Gasteiger partial charge in [0.2, 0.25) is 5.91 Å². The van der Waals surface area contributed by atoms with E-state index in [1.54, 1.807) is 29.2 Å². The maximum atomic E-state index is 12.4. The van der Waals surface area contributed by atoms with Crippen LogP contribution in [0.25, 0.3) is 6.08 Å². The van der Waals surface area contributed by atoms with Gasteiger partial charge >= 0.3 is 5.97 Å². The lowest BCUT2D eigenvalue weighted by Crippen LogP contribution is -2.41.